The molecule has 0 unspecified atom stereocenters. The Balaban J connectivity index is 1.75. The smallest absolute Gasteiger partial charge is 0.124 e. The van der Waals surface area contributed by atoms with Crippen molar-refractivity contribution in [3.8, 4) is 5.75 Å². The number of ether oxygens (including phenoxy) is 1. The maximum Gasteiger partial charge on any atom is 0.124 e. The Bertz CT molecular complexity index is 498. The molecule has 0 saturated heterocycles. The van der Waals surface area contributed by atoms with Crippen LogP contribution >= 0.6 is 0 Å². The van der Waals surface area contributed by atoms with Crippen LogP contribution in [0.4, 0.5) is 0 Å². The molecule has 1 aliphatic carbocycles. The topological polar surface area (TPSA) is 41.5 Å². The average molecular weight is 273 g/mol. The van der Waals surface area contributed by atoms with Gasteiger partial charge in [-0.25, -0.2) is 0 Å². The molecule has 1 aromatic rings. The number of rotatable bonds is 3. The zero-order valence-corrected chi connectivity index (χ0v) is 12.0. The van der Waals surface area contributed by atoms with Gasteiger partial charge >= 0.3 is 0 Å². The van der Waals surface area contributed by atoms with Crippen molar-refractivity contribution in [2.24, 2.45) is 5.92 Å². The van der Waals surface area contributed by atoms with Crippen LogP contribution < -0.4 is 10.1 Å². The number of hydrogen-bond acceptors (Lipinski definition) is 3. The molecule has 20 heavy (non-hydrogen) atoms. The summed E-state index contributed by atoms with van der Waals surface area (Å²) in [6, 6.07) is 7.19. The van der Waals surface area contributed by atoms with Crippen LogP contribution in [0.2, 0.25) is 0 Å². The van der Waals surface area contributed by atoms with Crippen LogP contribution in [0.1, 0.15) is 36.4 Å². The number of aryl methyl sites for hydroxylation is 1. The van der Waals surface area contributed by atoms with Gasteiger partial charge in [-0.15, -0.1) is 0 Å². The summed E-state index contributed by atoms with van der Waals surface area (Å²) in [4.78, 5) is 0. The van der Waals surface area contributed by atoms with E-state index >= 15 is 0 Å². The molecule has 0 saturated carbocycles. The molecule has 0 aromatic heterocycles. The largest absolute Gasteiger partial charge is 0.493 e. The van der Waals surface area contributed by atoms with Gasteiger partial charge in [-0.1, -0.05) is 24.3 Å². The Morgan fingerprint density at radius 1 is 1.35 bits per heavy atom. The molecule has 0 fully saturated rings. The predicted molar refractivity (Wildman–Crippen MR) is 79.9 cm³/mol. The summed E-state index contributed by atoms with van der Waals surface area (Å²) in [5.74, 6) is 1.34. The third-order valence-electron chi connectivity index (χ3n) is 4.26. The summed E-state index contributed by atoms with van der Waals surface area (Å²) in [6.07, 6.45) is 7.49. The molecule has 0 bridgehead atoms. The van der Waals surface area contributed by atoms with E-state index in [-0.39, 0.29) is 6.61 Å². The highest BCUT2D eigenvalue weighted by Gasteiger charge is 2.25. The van der Waals surface area contributed by atoms with Gasteiger partial charge in [0.1, 0.15) is 5.75 Å². The van der Waals surface area contributed by atoms with E-state index in [4.69, 9.17) is 4.74 Å². The lowest BCUT2D eigenvalue weighted by Gasteiger charge is -2.23. The van der Waals surface area contributed by atoms with Crippen molar-refractivity contribution >= 4 is 0 Å². The number of hydrogen-bond donors (Lipinski definition) is 2. The van der Waals surface area contributed by atoms with Crippen molar-refractivity contribution in [2.75, 3.05) is 13.2 Å². The summed E-state index contributed by atoms with van der Waals surface area (Å²) in [5.41, 5.74) is 2.51. The molecule has 2 aliphatic rings. The van der Waals surface area contributed by atoms with Gasteiger partial charge in [0, 0.05) is 30.2 Å². The summed E-state index contributed by atoms with van der Waals surface area (Å²) in [7, 11) is 0. The standard InChI is InChI=1S/C17H23NO2/c1-12-4-7-15-16(3-2-8-20-17(15)9-12)18-14-6-5-13(10-14)11-19/h4-7,9,13-14,16,18-19H,2-3,8,10-11H2,1H3/t13-,14+,16-/m0/s1. The van der Waals surface area contributed by atoms with E-state index in [1.165, 1.54) is 11.1 Å². The van der Waals surface area contributed by atoms with Gasteiger partial charge in [0.2, 0.25) is 0 Å². The van der Waals surface area contributed by atoms with E-state index in [0.717, 1.165) is 31.6 Å². The fraction of sp³-hybridized carbons (Fsp3) is 0.529. The SMILES string of the molecule is Cc1ccc2c(c1)OCCC[C@@H]2N[C@@H]1C=C[C@H](CO)C1. The van der Waals surface area contributed by atoms with E-state index in [0.29, 0.717) is 18.0 Å². The van der Waals surface area contributed by atoms with Crippen molar-refractivity contribution in [3.05, 3.63) is 41.5 Å². The molecule has 3 atom stereocenters. The van der Waals surface area contributed by atoms with E-state index in [1.807, 2.05) is 0 Å². The lowest BCUT2D eigenvalue weighted by atomic mass is 9.99. The van der Waals surface area contributed by atoms with Crippen LogP contribution in [0.15, 0.2) is 30.4 Å². The Hall–Kier alpha value is -1.32. The van der Waals surface area contributed by atoms with Crippen LogP contribution in [-0.2, 0) is 0 Å². The van der Waals surface area contributed by atoms with Crippen molar-refractivity contribution < 1.29 is 9.84 Å². The Morgan fingerprint density at radius 2 is 2.25 bits per heavy atom. The van der Waals surface area contributed by atoms with Gasteiger partial charge in [-0.3, -0.25) is 0 Å². The van der Waals surface area contributed by atoms with Crippen molar-refractivity contribution in [1.29, 1.82) is 0 Å². The van der Waals surface area contributed by atoms with Crippen molar-refractivity contribution in [3.63, 3.8) is 0 Å². The van der Waals surface area contributed by atoms with Crippen LogP contribution in [0.3, 0.4) is 0 Å². The van der Waals surface area contributed by atoms with E-state index in [1.54, 1.807) is 0 Å². The summed E-state index contributed by atoms with van der Waals surface area (Å²) in [5, 5.41) is 12.9. The molecular formula is C17H23NO2. The molecule has 2 N–H and O–H groups in total. The minimum absolute atomic E-state index is 0.248. The Labute approximate surface area is 120 Å². The second kappa shape index (κ2) is 5.98. The summed E-state index contributed by atoms with van der Waals surface area (Å²) in [6.45, 7) is 3.15. The monoisotopic (exact) mass is 273 g/mol. The molecule has 1 heterocycles. The van der Waals surface area contributed by atoms with E-state index in [9.17, 15) is 5.11 Å². The first-order valence-corrected chi connectivity index (χ1v) is 7.55. The van der Waals surface area contributed by atoms with Crippen LogP contribution in [-0.4, -0.2) is 24.4 Å². The van der Waals surface area contributed by atoms with E-state index < -0.39 is 0 Å². The maximum atomic E-state index is 9.22. The second-order valence-electron chi connectivity index (χ2n) is 5.92. The maximum absolute atomic E-state index is 9.22. The van der Waals surface area contributed by atoms with Crippen LogP contribution in [0, 0.1) is 12.8 Å². The molecule has 3 rings (SSSR count). The zero-order chi connectivity index (χ0) is 13.9. The Kier molecular flexibility index (Phi) is 4.08. The summed E-state index contributed by atoms with van der Waals surface area (Å²) < 4.78 is 5.87. The fourth-order valence-electron chi connectivity index (χ4n) is 3.14. The lowest BCUT2D eigenvalue weighted by molar-refractivity contribution is 0.244. The highest BCUT2D eigenvalue weighted by Crippen LogP contribution is 2.33. The third kappa shape index (κ3) is 2.89. The molecule has 1 aromatic carbocycles. The van der Waals surface area contributed by atoms with Crippen LogP contribution in [0.25, 0.3) is 0 Å². The molecule has 0 spiro atoms. The molecule has 0 amide bonds. The first-order chi connectivity index (χ1) is 9.76. The highest BCUT2D eigenvalue weighted by atomic mass is 16.5. The fourth-order valence-corrected chi connectivity index (χ4v) is 3.14. The molecule has 108 valence electrons. The minimum Gasteiger partial charge on any atom is -0.493 e. The number of aliphatic hydroxyl groups excluding tert-OH is 1. The quantitative estimate of drug-likeness (QED) is 0.832. The van der Waals surface area contributed by atoms with Gasteiger partial charge in [0.25, 0.3) is 0 Å². The Morgan fingerprint density at radius 3 is 3.05 bits per heavy atom. The number of benzene rings is 1. The molecule has 3 nitrogen and oxygen atoms in total. The van der Waals surface area contributed by atoms with Crippen molar-refractivity contribution in [1.82, 2.24) is 5.32 Å². The molecular weight excluding hydrogens is 250 g/mol. The zero-order valence-electron chi connectivity index (χ0n) is 12.0. The van der Waals surface area contributed by atoms with E-state index in [2.05, 4.69) is 42.6 Å². The molecule has 1 aliphatic heterocycles. The van der Waals surface area contributed by atoms with Gasteiger partial charge in [0.05, 0.1) is 6.61 Å². The number of fused-ring (bicyclic) bond motifs is 1. The summed E-state index contributed by atoms with van der Waals surface area (Å²) >= 11 is 0. The predicted octanol–water partition coefficient (Wildman–Crippen LogP) is 2.74. The first-order valence-electron chi connectivity index (χ1n) is 7.55. The van der Waals surface area contributed by atoms with Gasteiger partial charge in [-0.05, 0) is 37.8 Å². The molecule has 0 radical (unpaired) electrons. The van der Waals surface area contributed by atoms with Crippen molar-refractivity contribution in [2.45, 2.75) is 38.3 Å². The highest BCUT2D eigenvalue weighted by molar-refractivity contribution is 5.40. The number of nitrogens with one attached hydrogen (secondary N) is 1. The third-order valence-corrected chi connectivity index (χ3v) is 4.26. The second-order valence-corrected chi connectivity index (χ2v) is 5.92. The number of aliphatic hydroxyl groups is 1. The lowest BCUT2D eigenvalue weighted by Crippen LogP contribution is -2.30. The van der Waals surface area contributed by atoms with Gasteiger partial charge in [-0.2, -0.15) is 0 Å². The first kappa shape index (κ1) is 13.7. The van der Waals surface area contributed by atoms with Gasteiger partial charge < -0.3 is 15.2 Å². The van der Waals surface area contributed by atoms with Gasteiger partial charge in [0.15, 0.2) is 0 Å². The normalized spacial score (nSPS) is 28.8. The van der Waals surface area contributed by atoms with Crippen LogP contribution in [0.5, 0.6) is 5.75 Å². The molecule has 3 heteroatoms. The minimum atomic E-state index is 0.248. The average Bonchev–Trinajstić information content (AvgIpc) is 2.81.